The molecule has 0 aliphatic carbocycles. The molecule has 0 radical (unpaired) electrons. The van der Waals surface area contributed by atoms with Crippen LogP contribution in [0.5, 0.6) is 0 Å². The predicted octanol–water partition coefficient (Wildman–Crippen LogP) is 2.80. The average Bonchev–Trinajstić information content (AvgIpc) is 3.03. The molecular formula is C16H18N2O3S. The van der Waals surface area contributed by atoms with Crippen LogP contribution >= 0.6 is 11.3 Å². The standard InChI is InChI=1S/C16H18N2O3S/c19-14(7-8-15-17-10-11-22-15)18-13(6-9-16(20)21)12-4-2-1-3-5-12/h1-5,10-11,13H,6-9H2,(H,18,19)(H,20,21). The van der Waals surface area contributed by atoms with Gasteiger partial charge in [0.25, 0.3) is 0 Å². The second-order valence-electron chi connectivity index (χ2n) is 4.89. The van der Waals surface area contributed by atoms with Crippen molar-refractivity contribution >= 4 is 23.2 Å². The van der Waals surface area contributed by atoms with Crippen LogP contribution in [0.15, 0.2) is 41.9 Å². The molecule has 2 rings (SSSR count). The third-order valence-corrected chi connectivity index (χ3v) is 4.07. The highest BCUT2D eigenvalue weighted by Gasteiger charge is 2.16. The zero-order chi connectivity index (χ0) is 15.8. The van der Waals surface area contributed by atoms with Gasteiger partial charge in [-0.15, -0.1) is 11.3 Å². The van der Waals surface area contributed by atoms with Crippen molar-refractivity contribution in [3.63, 3.8) is 0 Å². The fourth-order valence-electron chi connectivity index (χ4n) is 2.14. The lowest BCUT2D eigenvalue weighted by atomic mass is 10.0. The largest absolute Gasteiger partial charge is 0.481 e. The van der Waals surface area contributed by atoms with Crippen LogP contribution in [-0.2, 0) is 16.0 Å². The Morgan fingerprint density at radius 1 is 1.23 bits per heavy atom. The first-order valence-electron chi connectivity index (χ1n) is 7.09. The van der Waals surface area contributed by atoms with Crippen molar-refractivity contribution in [1.82, 2.24) is 10.3 Å². The molecule has 0 spiro atoms. The van der Waals surface area contributed by atoms with Crippen molar-refractivity contribution < 1.29 is 14.7 Å². The van der Waals surface area contributed by atoms with Crippen molar-refractivity contribution in [1.29, 1.82) is 0 Å². The molecule has 0 saturated carbocycles. The number of hydrogen-bond donors (Lipinski definition) is 2. The van der Waals surface area contributed by atoms with Crippen molar-refractivity contribution in [3.8, 4) is 0 Å². The van der Waals surface area contributed by atoms with E-state index in [4.69, 9.17) is 5.11 Å². The first-order chi connectivity index (χ1) is 10.6. The maximum Gasteiger partial charge on any atom is 0.303 e. The number of carbonyl (C=O) groups excluding carboxylic acids is 1. The van der Waals surface area contributed by atoms with E-state index in [0.29, 0.717) is 19.3 Å². The first-order valence-corrected chi connectivity index (χ1v) is 7.97. The number of rotatable bonds is 8. The molecule has 1 atom stereocenters. The molecule has 0 aliphatic heterocycles. The summed E-state index contributed by atoms with van der Waals surface area (Å²) in [5.41, 5.74) is 0.923. The van der Waals surface area contributed by atoms with Gasteiger partial charge in [0.15, 0.2) is 0 Å². The van der Waals surface area contributed by atoms with E-state index in [1.165, 1.54) is 11.3 Å². The summed E-state index contributed by atoms with van der Waals surface area (Å²) in [4.78, 5) is 27.0. The maximum absolute atomic E-state index is 12.1. The minimum absolute atomic E-state index is 0.0202. The van der Waals surface area contributed by atoms with Gasteiger partial charge in [0.2, 0.25) is 5.91 Å². The van der Waals surface area contributed by atoms with Gasteiger partial charge in [-0.1, -0.05) is 30.3 Å². The Morgan fingerprint density at radius 3 is 2.64 bits per heavy atom. The van der Waals surface area contributed by atoms with Crippen molar-refractivity contribution in [2.45, 2.75) is 31.7 Å². The zero-order valence-electron chi connectivity index (χ0n) is 12.1. The van der Waals surface area contributed by atoms with Gasteiger partial charge in [-0.3, -0.25) is 9.59 Å². The van der Waals surface area contributed by atoms with Crippen molar-refractivity contribution in [2.75, 3.05) is 0 Å². The molecule has 1 unspecified atom stereocenters. The van der Waals surface area contributed by atoms with Gasteiger partial charge in [-0.2, -0.15) is 0 Å². The fraction of sp³-hybridized carbons (Fsp3) is 0.312. The molecule has 1 amide bonds. The second kappa shape index (κ2) is 8.29. The molecule has 116 valence electrons. The van der Waals surface area contributed by atoms with Crippen LogP contribution < -0.4 is 5.32 Å². The Bertz CT molecular complexity index is 599. The molecular weight excluding hydrogens is 300 g/mol. The van der Waals surface area contributed by atoms with Crippen LogP contribution in [0.4, 0.5) is 0 Å². The monoisotopic (exact) mass is 318 g/mol. The topological polar surface area (TPSA) is 79.3 Å². The lowest BCUT2D eigenvalue weighted by Crippen LogP contribution is -2.29. The van der Waals surface area contributed by atoms with Gasteiger partial charge >= 0.3 is 5.97 Å². The molecule has 6 heteroatoms. The lowest BCUT2D eigenvalue weighted by Gasteiger charge is -2.18. The van der Waals surface area contributed by atoms with Crippen LogP contribution in [-0.4, -0.2) is 22.0 Å². The smallest absolute Gasteiger partial charge is 0.303 e. The van der Waals surface area contributed by atoms with Crippen LogP contribution in [0.1, 0.15) is 35.9 Å². The number of aliphatic carboxylic acids is 1. The summed E-state index contributed by atoms with van der Waals surface area (Å²) in [6, 6.07) is 9.17. The number of thiazole rings is 1. The van der Waals surface area contributed by atoms with E-state index in [1.54, 1.807) is 6.20 Å². The predicted molar refractivity (Wildman–Crippen MR) is 84.6 cm³/mol. The number of carbonyl (C=O) groups is 2. The summed E-state index contributed by atoms with van der Waals surface area (Å²) < 4.78 is 0. The second-order valence-corrected chi connectivity index (χ2v) is 5.87. The van der Waals surface area contributed by atoms with Crippen LogP contribution in [0.2, 0.25) is 0 Å². The van der Waals surface area contributed by atoms with Crippen LogP contribution in [0.3, 0.4) is 0 Å². The Balaban J connectivity index is 1.93. The van der Waals surface area contributed by atoms with E-state index < -0.39 is 5.97 Å². The molecule has 2 aromatic rings. The number of aromatic nitrogens is 1. The molecule has 2 N–H and O–H groups in total. The van der Waals surface area contributed by atoms with Gasteiger partial charge < -0.3 is 10.4 Å². The van der Waals surface area contributed by atoms with E-state index in [2.05, 4.69) is 10.3 Å². The van der Waals surface area contributed by atoms with Gasteiger partial charge in [-0.25, -0.2) is 4.98 Å². The summed E-state index contributed by atoms with van der Waals surface area (Å²) in [7, 11) is 0. The molecule has 0 fully saturated rings. The number of carboxylic acids is 1. The minimum Gasteiger partial charge on any atom is -0.481 e. The van der Waals surface area contributed by atoms with E-state index in [1.807, 2.05) is 35.7 Å². The average molecular weight is 318 g/mol. The zero-order valence-corrected chi connectivity index (χ0v) is 12.9. The normalized spacial score (nSPS) is 11.8. The SMILES string of the molecule is O=C(O)CCC(NC(=O)CCc1nccs1)c1ccccc1. The fourth-order valence-corrected chi connectivity index (χ4v) is 2.76. The first kappa shape index (κ1) is 16.2. The van der Waals surface area contributed by atoms with E-state index in [0.717, 1.165) is 10.6 Å². The number of carboxylic acid groups (broad SMARTS) is 1. The quantitative estimate of drug-likeness (QED) is 0.784. The molecule has 1 aromatic carbocycles. The number of nitrogens with one attached hydrogen (secondary N) is 1. The number of aryl methyl sites for hydroxylation is 1. The molecule has 22 heavy (non-hydrogen) atoms. The number of benzene rings is 1. The Labute approximate surface area is 133 Å². The number of amides is 1. The van der Waals surface area contributed by atoms with Gasteiger partial charge in [-0.05, 0) is 12.0 Å². The van der Waals surface area contributed by atoms with Crippen LogP contribution in [0.25, 0.3) is 0 Å². The lowest BCUT2D eigenvalue weighted by molar-refractivity contribution is -0.137. The molecule has 0 aliphatic rings. The Kier molecular flexibility index (Phi) is 6.09. The number of nitrogens with zero attached hydrogens (tertiary/aromatic N) is 1. The molecule has 1 aromatic heterocycles. The van der Waals surface area contributed by atoms with Crippen molar-refractivity contribution in [2.24, 2.45) is 0 Å². The van der Waals surface area contributed by atoms with E-state index >= 15 is 0 Å². The Hall–Kier alpha value is -2.21. The Morgan fingerprint density at radius 2 is 2.00 bits per heavy atom. The summed E-state index contributed by atoms with van der Waals surface area (Å²) in [6.07, 6.45) is 3.07. The maximum atomic E-state index is 12.1. The highest BCUT2D eigenvalue weighted by atomic mass is 32.1. The summed E-state index contributed by atoms with van der Waals surface area (Å²) in [6.45, 7) is 0. The van der Waals surface area contributed by atoms with E-state index in [9.17, 15) is 9.59 Å². The van der Waals surface area contributed by atoms with Crippen molar-refractivity contribution in [3.05, 3.63) is 52.5 Å². The van der Waals surface area contributed by atoms with Crippen LogP contribution in [0, 0.1) is 0 Å². The van der Waals surface area contributed by atoms with Gasteiger partial charge in [0.1, 0.15) is 0 Å². The minimum atomic E-state index is -0.863. The van der Waals surface area contributed by atoms with Gasteiger partial charge in [0.05, 0.1) is 11.0 Å². The summed E-state index contributed by atoms with van der Waals surface area (Å²) >= 11 is 1.53. The summed E-state index contributed by atoms with van der Waals surface area (Å²) in [5, 5.41) is 14.6. The highest BCUT2D eigenvalue weighted by Crippen LogP contribution is 2.18. The number of hydrogen-bond acceptors (Lipinski definition) is 4. The third-order valence-electron chi connectivity index (χ3n) is 3.23. The molecule has 1 heterocycles. The summed E-state index contributed by atoms with van der Waals surface area (Å²) in [5.74, 6) is -0.951. The van der Waals surface area contributed by atoms with E-state index in [-0.39, 0.29) is 18.4 Å². The molecule has 0 bridgehead atoms. The third kappa shape index (κ3) is 5.29. The highest BCUT2D eigenvalue weighted by molar-refractivity contribution is 7.09. The molecule has 0 saturated heterocycles. The van der Waals surface area contributed by atoms with Gasteiger partial charge in [0, 0.05) is 30.8 Å². The molecule has 5 nitrogen and oxygen atoms in total.